The van der Waals surface area contributed by atoms with E-state index in [1.165, 1.54) is 0 Å². The number of benzene rings is 3. The fourth-order valence-corrected chi connectivity index (χ4v) is 2.56. The molecule has 24 heavy (non-hydrogen) atoms. The van der Waals surface area contributed by atoms with E-state index in [9.17, 15) is 4.79 Å². The number of hydrogen-bond acceptors (Lipinski definition) is 2. The summed E-state index contributed by atoms with van der Waals surface area (Å²) in [7, 11) is 0. The fourth-order valence-electron chi connectivity index (χ4n) is 2.17. The first kappa shape index (κ1) is 16.1. The van der Waals surface area contributed by atoms with Gasteiger partial charge in [0.05, 0.1) is 5.69 Å². The largest absolute Gasteiger partial charge is 0.356 e. The zero-order valence-electron chi connectivity index (χ0n) is 12.8. The highest BCUT2D eigenvalue weighted by molar-refractivity contribution is 9.10. The molecule has 0 aliphatic rings. The van der Waals surface area contributed by atoms with Gasteiger partial charge in [-0.15, -0.1) is 0 Å². The van der Waals surface area contributed by atoms with Crippen molar-refractivity contribution in [3.05, 3.63) is 83.3 Å². The van der Waals surface area contributed by atoms with Crippen molar-refractivity contribution in [2.45, 2.75) is 0 Å². The molecule has 0 atom stereocenters. The molecule has 4 nitrogen and oxygen atoms in total. The van der Waals surface area contributed by atoms with Crippen molar-refractivity contribution < 1.29 is 4.79 Å². The lowest BCUT2D eigenvalue weighted by Gasteiger charge is -2.10. The second-order valence-corrected chi connectivity index (χ2v) is 5.98. The highest BCUT2D eigenvalue weighted by Gasteiger charge is 2.05. The molecule has 0 fully saturated rings. The van der Waals surface area contributed by atoms with Crippen molar-refractivity contribution in [3.8, 4) is 0 Å². The summed E-state index contributed by atoms with van der Waals surface area (Å²) in [6.07, 6.45) is 0. The molecule has 5 heteroatoms. The first-order valence-electron chi connectivity index (χ1n) is 7.45. The Bertz CT molecular complexity index is 820. The van der Waals surface area contributed by atoms with E-state index >= 15 is 0 Å². The van der Waals surface area contributed by atoms with Gasteiger partial charge in [-0.1, -0.05) is 30.3 Å². The predicted octanol–water partition coefficient (Wildman–Crippen LogP) is 5.84. The maximum Gasteiger partial charge on any atom is 0.323 e. The van der Waals surface area contributed by atoms with E-state index in [0.717, 1.165) is 27.2 Å². The van der Waals surface area contributed by atoms with Crippen LogP contribution in [0.15, 0.2) is 83.3 Å². The van der Waals surface area contributed by atoms with Gasteiger partial charge in [0.15, 0.2) is 0 Å². The van der Waals surface area contributed by atoms with Gasteiger partial charge >= 0.3 is 6.03 Å². The number of nitrogens with one attached hydrogen (secondary N) is 3. The Morgan fingerprint density at radius 3 is 1.96 bits per heavy atom. The first-order chi connectivity index (χ1) is 11.7. The maximum atomic E-state index is 12.1. The molecule has 0 aromatic heterocycles. The SMILES string of the molecule is O=C(Nc1ccc(Nc2ccccc2)cc1)Nc1ccccc1Br. The summed E-state index contributed by atoms with van der Waals surface area (Å²) in [6, 6.07) is 24.6. The van der Waals surface area contributed by atoms with Crippen LogP contribution in [0.1, 0.15) is 0 Å². The van der Waals surface area contributed by atoms with Gasteiger partial charge < -0.3 is 16.0 Å². The van der Waals surface area contributed by atoms with Gasteiger partial charge in [0.1, 0.15) is 0 Å². The lowest BCUT2D eigenvalue weighted by molar-refractivity contribution is 0.262. The van der Waals surface area contributed by atoms with E-state index in [2.05, 4.69) is 31.9 Å². The molecule has 0 saturated heterocycles. The molecule has 0 unspecified atom stereocenters. The van der Waals surface area contributed by atoms with Gasteiger partial charge in [-0.2, -0.15) is 0 Å². The lowest BCUT2D eigenvalue weighted by Crippen LogP contribution is -2.19. The molecule has 3 N–H and O–H groups in total. The van der Waals surface area contributed by atoms with Crippen LogP contribution in [0.2, 0.25) is 0 Å². The number of para-hydroxylation sites is 2. The Morgan fingerprint density at radius 1 is 0.667 bits per heavy atom. The number of hydrogen-bond donors (Lipinski definition) is 3. The third-order valence-electron chi connectivity index (χ3n) is 3.33. The van der Waals surface area contributed by atoms with Crippen LogP contribution < -0.4 is 16.0 Å². The number of anilines is 4. The predicted molar refractivity (Wildman–Crippen MR) is 103 cm³/mol. The number of urea groups is 1. The van der Waals surface area contributed by atoms with Gasteiger partial charge in [0.25, 0.3) is 0 Å². The van der Waals surface area contributed by atoms with Crippen LogP contribution in [0.5, 0.6) is 0 Å². The monoisotopic (exact) mass is 381 g/mol. The van der Waals surface area contributed by atoms with E-state index < -0.39 is 0 Å². The average Bonchev–Trinajstić information content (AvgIpc) is 2.60. The Hall–Kier alpha value is -2.79. The van der Waals surface area contributed by atoms with Crippen LogP contribution in [0, 0.1) is 0 Å². The summed E-state index contributed by atoms with van der Waals surface area (Å²) in [5.41, 5.74) is 3.42. The minimum atomic E-state index is -0.286. The summed E-state index contributed by atoms with van der Waals surface area (Å²) in [4.78, 5) is 12.1. The third kappa shape index (κ3) is 4.36. The van der Waals surface area contributed by atoms with Crippen LogP contribution in [0.3, 0.4) is 0 Å². The quantitative estimate of drug-likeness (QED) is 0.531. The van der Waals surface area contributed by atoms with Crippen molar-refractivity contribution in [1.29, 1.82) is 0 Å². The number of carbonyl (C=O) groups is 1. The van der Waals surface area contributed by atoms with E-state index in [-0.39, 0.29) is 6.03 Å². The molecular formula is C19H16BrN3O. The molecule has 3 rings (SSSR count). The summed E-state index contributed by atoms with van der Waals surface area (Å²) < 4.78 is 0.836. The Labute approximate surface area is 149 Å². The summed E-state index contributed by atoms with van der Waals surface area (Å²) >= 11 is 3.40. The molecule has 0 aliphatic heterocycles. The van der Waals surface area contributed by atoms with Crippen molar-refractivity contribution in [1.82, 2.24) is 0 Å². The van der Waals surface area contributed by atoms with Crippen molar-refractivity contribution >= 4 is 44.7 Å². The van der Waals surface area contributed by atoms with Crippen LogP contribution in [0.4, 0.5) is 27.5 Å². The van der Waals surface area contributed by atoms with Crippen LogP contribution in [-0.4, -0.2) is 6.03 Å². The lowest BCUT2D eigenvalue weighted by atomic mass is 10.2. The zero-order chi connectivity index (χ0) is 16.8. The van der Waals surface area contributed by atoms with Crippen LogP contribution in [-0.2, 0) is 0 Å². The van der Waals surface area contributed by atoms with E-state index in [1.807, 2.05) is 78.9 Å². The van der Waals surface area contributed by atoms with Crippen LogP contribution in [0.25, 0.3) is 0 Å². The smallest absolute Gasteiger partial charge is 0.323 e. The molecule has 2 amide bonds. The minimum absolute atomic E-state index is 0.286. The van der Waals surface area contributed by atoms with Gasteiger partial charge in [0, 0.05) is 21.5 Å². The highest BCUT2D eigenvalue weighted by atomic mass is 79.9. The molecular weight excluding hydrogens is 366 g/mol. The summed E-state index contributed by atoms with van der Waals surface area (Å²) in [6.45, 7) is 0. The topological polar surface area (TPSA) is 53.2 Å². The molecule has 0 saturated carbocycles. The highest BCUT2D eigenvalue weighted by Crippen LogP contribution is 2.22. The fraction of sp³-hybridized carbons (Fsp3) is 0. The average molecular weight is 382 g/mol. The Morgan fingerprint density at radius 2 is 1.25 bits per heavy atom. The molecule has 0 aliphatic carbocycles. The number of amides is 2. The van der Waals surface area contributed by atoms with E-state index in [4.69, 9.17) is 0 Å². The van der Waals surface area contributed by atoms with Gasteiger partial charge in [0.2, 0.25) is 0 Å². The molecule has 3 aromatic rings. The first-order valence-corrected chi connectivity index (χ1v) is 8.25. The van der Waals surface area contributed by atoms with Crippen molar-refractivity contribution in [2.75, 3.05) is 16.0 Å². The summed E-state index contributed by atoms with van der Waals surface area (Å²) in [5.74, 6) is 0. The normalized spacial score (nSPS) is 10.0. The van der Waals surface area contributed by atoms with Crippen LogP contribution >= 0.6 is 15.9 Å². The Kier molecular flexibility index (Phi) is 5.13. The zero-order valence-corrected chi connectivity index (χ0v) is 14.4. The molecule has 120 valence electrons. The Balaban J connectivity index is 1.60. The second-order valence-electron chi connectivity index (χ2n) is 5.13. The molecule has 0 spiro atoms. The third-order valence-corrected chi connectivity index (χ3v) is 4.02. The minimum Gasteiger partial charge on any atom is -0.356 e. The van der Waals surface area contributed by atoms with E-state index in [1.54, 1.807) is 0 Å². The van der Waals surface area contributed by atoms with Gasteiger partial charge in [-0.05, 0) is 64.5 Å². The number of rotatable bonds is 4. The molecule has 0 heterocycles. The van der Waals surface area contributed by atoms with Crippen molar-refractivity contribution in [2.24, 2.45) is 0 Å². The molecule has 0 radical (unpaired) electrons. The maximum absolute atomic E-state index is 12.1. The van der Waals surface area contributed by atoms with E-state index in [0.29, 0.717) is 0 Å². The standard InChI is InChI=1S/C19H16BrN3O/c20-17-8-4-5-9-18(17)23-19(24)22-16-12-10-15(11-13-16)21-14-6-2-1-3-7-14/h1-13,21H,(H2,22,23,24). The molecule has 0 bridgehead atoms. The number of halogens is 1. The van der Waals surface area contributed by atoms with Crippen molar-refractivity contribution in [3.63, 3.8) is 0 Å². The second kappa shape index (κ2) is 7.66. The molecule has 3 aromatic carbocycles. The van der Waals surface area contributed by atoms with Gasteiger partial charge in [-0.25, -0.2) is 4.79 Å². The summed E-state index contributed by atoms with van der Waals surface area (Å²) in [5, 5.41) is 8.91. The van der Waals surface area contributed by atoms with Gasteiger partial charge in [-0.3, -0.25) is 0 Å². The number of carbonyl (C=O) groups excluding carboxylic acids is 1.